The summed E-state index contributed by atoms with van der Waals surface area (Å²) in [6, 6.07) is 5.35. The number of non-ortho nitro benzene ring substituents is 1. The van der Waals surface area contributed by atoms with E-state index in [4.69, 9.17) is 0 Å². The average molecular weight is 344 g/mol. The minimum Gasteiger partial charge on any atom is -0.338 e. The zero-order valence-corrected chi connectivity index (χ0v) is 13.9. The molecular weight excluding hydrogens is 324 g/mol. The molecule has 2 aromatic rings. The fourth-order valence-electron chi connectivity index (χ4n) is 3.41. The van der Waals surface area contributed by atoms with Crippen molar-refractivity contribution in [1.29, 1.82) is 0 Å². The lowest BCUT2D eigenvalue weighted by atomic mass is 9.97. The van der Waals surface area contributed by atoms with Gasteiger partial charge in [0, 0.05) is 42.2 Å². The number of carbonyl (C=O) groups is 1. The fraction of sp³-hybridized carbons (Fsp3) is 0.412. The molecule has 0 spiro atoms. The van der Waals surface area contributed by atoms with Gasteiger partial charge in [0.15, 0.2) is 0 Å². The maximum Gasteiger partial charge on any atom is 0.270 e. The number of amides is 1. The molecular formula is C17H20N4O4. The molecule has 132 valence electrons. The molecule has 1 aromatic heterocycles. The van der Waals surface area contributed by atoms with Gasteiger partial charge in [-0.2, -0.15) is 0 Å². The number of fused-ring (bicyclic) bond motifs is 1. The Kier molecular flexibility index (Phi) is 4.80. The maximum absolute atomic E-state index is 13.0. The summed E-state index contributed by atoms with van der Waals surface area (Å²) in [5.74, 6) is 0.114. The van der Waals surface area contributed by atoms with Crippen molar-refractivity contribution in [3.05, 3.63) is 50.3 Å². The van der Waals surface area contributed by atoms with Crippen molar-refractivity contribution in [2.75, 3.05) is 26.7 Å². The maximum atomic E-state index is 13.0. The Morgan fingerprint density at radius 2 is 2.24 bits per heavy atom. The van der Waals surface area contributed by atoms with Crippen molar-refractivity contribution >= 4 is 22.5 Å². The molecule has 8 nitrogen and oxygen atoms in total. The molecule has 1 aromatic carbocycles. The van der Waals surface area contributed by atoms with Crippen molar-refractivity contribution in [1.82, 2.24) is 15.2 Å². The largest absolute Gasteiger partial charge is 0.338 e. The van der Waals surface area contributed by atoms with Crippen LogP contribution in [0.25, 0.3) is 10.9 Å². The van der Waals surface area contributed by atoms with Crippen molar-refractivity contribution in [2.24, 2.45) is 5.92 Å². The summed E-state index contributed by atoms with van der Waals surface area (Å²) in [6.07, 6.45) is 1.95. The van der Waals surface area contributed by atoms with Gasteiger partial charge < -0.3 is 15.2 Å². The number of hydrogen-bond acceptors (Lipinski definition) is 5. The molecule has 25 heavy (non-hydrogen) atoms. The second-order valence-corrected chi connectivity index (χ2v) is 6.35. The van der Waals surface area contributed by atoms with Gasteiger partial charge in [0.1, 0.15) is 0 Å². The van der Waals surface area contributed by atoms with Crippen LogP contribution in [-0.2, 0) is 0 Å². The van der Waals surface area contributed by atoms with E-state index in [9.17, 15) is 19.7 Å². The molecule has 0 saturated carbocycles. The number of piperidine rings is 1. The number of aromatic nitrogens is 1. The van der Waals surface area contributed by atoms with Gasteiger partial charge in [0.25, 0.3) is 11.6 Å². The lowest BCUT2D eigenvalue weighted by molar-refractivity contribution is -0.384. The first-order valence-electron chi connectivity index (χ1n) is 8.25. The first-order valence-corrected chi connectivity index (χ1v) is 8.25. The molecule has 3 rings (SSSR count). The van der Waals surface area contributed by atoms with E-state index in [-0.39, 0.29) is 17.2 Å². The Morgan fingerprint density at radius 3 is 2.96 bits per heavy atom. The smallest absolute Gasteiger partial charge is 0.270 e. The molecule has 2 heterocycles. The van der Waals surface area contributed by atoms with Crippen LogP contribution in [0.5, 0.6) is 0 Å². The van der Waals surface area contributed by atoms with Crippen molar-refractivity contribution in [2.45, 2.75) is 12.8 Å². The SMILES string of the molecule is CNCC1CCCN(C(=O)c2cc(=O)[nH]c3ccc([N+](=O)[O-])cc23)C1. The van der Waals surface area contributed by atoms with E-state index in [0.717, 1.165) is 19.4 Å². The Morgan fingerprint density at radius 1 is 1.44 bits per heavy atom. The third-order valence-corrected chi connectivity index (χ3v) is 4.57. The molecule has 1 fully saturated rings. The highest BCUT2D eigenvalue weighted by molar-refractivity contribution is 6.06. The monoisotopic (exact) mass is 344 g/mol. The molecule has 2 N–H and O–H groups in total. The number of pyridine rings is 1. The van der Waals surface area contributed by atoms with Crippen LogP contribution in [-0.4, -0.2) is 47.4 Å². The van der Waals surface area contributed by atoms with Crippen molar-refractivity contribution in [3.8, 4) is 0 Å². The molecule has 1 atom stereocenters. The Bertz CT molecular complexity index is 875. The molecule has 8 heteroatoms. The highest BCUT2D eigenvalue weighted by atomic mass is 16.6. The second kappa shape index (κ2) is 7.02. The van der Waals surface area contributed by atoms with Gasteiger partial charge in [0.2, 0.25) is 5.56 Å². The van der Waals surface area contributed by atoms with Crippen LogP contribution in [0, 0.1) is 16.0 Å². The first-order chi connectivity index (χ1) is 12.0. The van der Waals surface area contributed by atoms with Gasteiger partial charge in [-0.1, -0.05) is 0 Å². The minimum atomic E-state index is -0.511. The Hall–Kier alpha value is -2.74. The summed E-state index contributed by atoms with van der Waals surface area (Å²) in [6.45, 7) is 2.07. The summed E-state index contributed by atoms with van der Waals surface area (Å²) in [5.41, 5.74) is 0.131. The van der Waals surface area contributed by atoms with Gasteiger partial charge in [-0.15, -0.1) is 0 Å². The molecule has 1 aliphatic heterocycles. The summed E-state index contributed by atoms with van der Waals surface area (Å²) < 4.78 is 0. The number of nitro groups is 1. The van der Waals surface area contributed by atoms with Crippen LogP contribution in [0.2, 0.25) is 0 Å². The van der Waals surface area contributed by atoms with Gasteiger partial charge in [-0.25, -0.2) is 0 Å². The molecule has 1 unspecified atom stereocenters. The number of carbonyl (C=O) groups excluding carboxylic acids is 1. The summed E-state index contributed by atoms with van der Waals surface area (Å²) in [7, 11) is 1.88. The van der Waals surface area contributed by atoms with Crippen LogP contribution >= 0.6 is 0 Å². The number of H-pyrrole nitrogens is 1. The van der Waals surface area contributed by atoms with E-state index < -0.39 is 10.5 Å². The number of nitrogens with one attached hydrogen (secondary N) is 2. The van der Waals surface area contributed by atoms with E-state index in [1.165, 1.54) is 24.3 Å². The topological polar surface area (TPSA) is 108 Å². The lowest BCUT2D eigenvalue weighted by Gasteiger charge is -2.33. The molecule has 0 radical (unpaired) electrons. The standard InChI is InChI=1S/C17H20N4O4/c1-18-9-11-3-2-6-20(10-11)17(23)14-8-16(22)19-15-5-4-12(21(24)25)7-13(14)15/h4-5,7-8,11,18H,2-3,6,9-10H2,1H3,(H,19,22). The van der Waals surface area contributed by atoms with E-state index >= 15 is 0 Å². The van der Waals surface area contributed by atoms with E-state index in [2.05, 4.69) is 10.3 Å². The molecule has 0 aliphatic carbocycles. The quantitative estimate of drug-likeness (QED) is 0.645. The highest BCUT2D eigenvalue weighted by Crippen LogP contribution is 2.24. The van der Waals surface area contributed by atoms with Gasteiger partial charge >= 0.3 is 0 Å². The lowest BCUT2D eigenvalue weighted by Crippen LogP contribution is -2.42. The number of nitrogens with zero attached hydrogens (tertiary/aromatic N) is 2. The van der Waals surface area contributed by atoms with Gasteiger partial charge in [0.05, 0.1) is 10.5 Å². The van der Waals surface area contributed by atoms with Crippen LogP contribution in [0.15, 0.2) is 29.1 Å². The van der Waals surface area contributed by atoms with E-state index in [1.54, 1.807) is 4.90 Å². The Balaban J connectivity index is 2.01. The Labute approximate surface area is 144 Å². The van der Waals surface area contributed by atoms with Gasteiger partial charge in [-0.05, 0) is 38.4 Å². The second-order valence-electron chi connectivity index (χ2n) is 6.35. The van der Waals surface area contributed by atoms with E-state index in [1.807, 2.05) is 7.05 Å². The first kappa shape index (κ1) is 17.1. The van der Waals surface area contributed by atoms with Crippen LogP contribution in [0.1, 0.15) is 23.2 Å². The normalized spacial score (nSPS) is 17.6. The highest BCUT2D eigenvalue weighted by Gasteiger charge is 2.26. The predicted molar refractivity (Wildman–Crippen MR) is 93.8 cm³/mol. The summed E-state index contributed by atoms with van der Waals surface area (Å²) >= 11 is 0. The summed E-state index contributed by atoms with van der Waals surface area (Å²) in [4.78, 5) is 39.8. The third-order valence-electron chi connectivity index (χ3n) is 4.57. The zero-order valence-electron chi connectivity index (χ0n) is 13.9. The molecule has 1 amide bonds. The molecule has 0 bridgehead atoms. The number of nitro benzene ring substituents is 1. The fourth-order valence-corrected chi connectivity index (χ4v) is 3.41. The van der Waals surface area contributed by atoms with Gasteiger partial charge in [-0.3, -0.25) is 19.7 Å². The number of likely N-dealkylation sites (tertiary alicyclic amines) is 1. The molecule has 1 aliphatic rings. The van der Waals surface area contributed by atoms with Crippen molar-refractivity contribution < 1.29 is 9.72 Å². The third kappa shape index (κ3) is 3.53. The molecule has 1 saturated heterocycles. The summed E-state index contributed by atoms with van der Waals surface area (Å²) in [5, 5.41) is 14.6. The zero-order chi connectivity index (χ0) is 18.0. The van der Waals surface area contributed by atoms with E-state index in [0.29, 0.717) is 29.9 Å². The average Bonchev–Trinajstić information content (AvgIpc) is 2.60. The van der Waals surface area contributed by atoms with Crippen LogP contribution in [0.3, 0.4) is 0 Å². The minimum absolute atomic E-state index is 0.111. The number of benzene rings is 1. The van der Waals surface area contributed by atoms with Crippen LogP contribution in [0.4, 0.5) is 5.69 Å². The number of rotatable bonds is 4. The number of aromatic amines is 1. The number of hydrogen-bond donors (Lipinski definition) is 2. The van der Waals surface area contributed by atoms with Crippen LogP contribution < -0.4 is 10.9 Å². The predicted octanol–water partition coefficient (Wildman–Crippen LogP) is 1.51. The van der Waals surface area contributed by atoms with Crippen molar-refractivity contribution in [3.63, 3.8) is 0 Å².